The highest BCUT2D eigenvalue weighted by Gasteiger charge is 2.35. The van der Waals surface area contributed by atoms with Crippen LogP contribution in [0.5, 0.6) is 0 Å². The van der Waals surface area contributed by atoms with Crippen molar-refractivity contribution in [3.63, 3.8) is 0 Å². The second-order valence-electron chi connectivity index (χ2n) is 6.56. The third-order valence-electron chi connectivity index (χ3n) is 3.97. The van der Waals surface area contributed by atoms with Crippen molar-refractivity contribution in [2.45, 2.75) is 63.9 Å². The van der Waals surface area contributed by atoms with Crippen LogP contribution in [0.2, 0.25) is 0 Å². The van der Waals surface area contributed by atoms with Crippen molar-refractivity contribution >= 4 is 17.9 Å². The van der Waals surface area contributed by atoms with Gasteiger partial charge in [-0.2, -0.15) is 11.8 Å². The maximum atomic E-state index is 11.8. The molecule has 1 saturated heterocycles. The molecule has 1 rings (SSSR count). The van der Waals surface area contributed by atoms with Crippen LogP contribution >= 0.6 is 11.8 Å². The molecule has 0 aromatic carbocycles. The van der Waals surface area contributed by atoms with Gasteiger partial charge in [0.15, 0.2) is 0 Å². The zero-order chi connectivity index (χ0) is 15.4. The lowest BCUT2D eigenvalue weighted by atomic mass is 10.0. The summed E-state index contributed by atoms with van der Waals surface area (Å²) in [4.78, 5) is 13.6. The molecule has 1 aliphatic heterocycles. The van der Waals surface area contributed by atoms with Gasteiger partial charge in [0.1, 0.15) is 5.60 Å². The molecule has 1 aliphatic rings. The number of rotatable bonds is 6. The monoisotopic (exact) mass is 302 g/mol. The van der Waals surface area contributed by atoms with Crippen molar-refractivity contribution in [3.05, 3.63) is 0 Å². The van der Waals surface area contributed by atoms with Gasteiger partial charge in [-0.3, -0.25) is 0 Å². The Morgan fingerprint density at radius 2 is 1.85 bits per heavy atom. The van der Waals surface area contributed by atoms with E-state index in [1.165, 1.54) is 12.8 Å². The Labute approximate surface area is 128 Å². The molecule has 1 fully saturated rings. The minimum absolute atomic E-state index is 0.197. The van der Waals surface area contributed by atoms with Gasteiger partial charge in [-0.1, -0.05) is 13.8 Å². The number of hydrogen-bond donors (Lipinski definition) is 1. The summed E-state index contributed by atoms with van der Waals surface area (Å²) in [6, 6.07) is 0.409. The van der Waals surface area contributed by atoms with Crippen molar-refractivity contribution in [2.24, 2.45) is 0 Å². The van der Waals surface area contributed by atoms with E-state index in [1.54, 1.807) is 4.90 Å². The minimum Gasteiger partial charge on any atom is -0.444 e. The molecule has 0 spiro atoms. The summed E-state index contributed by atoms with van der Waals surface area (Å²) in [5.74, 6) is 0. The fourth-order valence-corrected chi connectivity index (χ4v) is 3.08. The second-order valence-corrected chi connectivity index (χ2v) is 7.83. The maximum Gasteiger partial charge on any atom is 0.410 e. The average molecular weight is 302 g/mol. The Morgan fingerprint density at radius 1 is 1.30 bits per heavy atom. The molecule has 1 amide bonds. The predicted octanol–water partition coefficient (Wildman–Crippen LogP) is 3.12. The number of amides is 1. The highest BCUT2D eigenvalue weighted by atomic mass is 32.2. The summed E-state index contributed by atoms with van der Waals surface area (Å²) in [5.41, 5.74) is -0.409. The first-order valence-electron chi connectivity index (χ1n) is 7.51. The summed E-state index contributed by atoms with van der Waals surface area (Å²) in [7, 11) is 0. The normalized spacial score (nSPS) is 17.0. The number of likely N-dealkylation sites (tertiary alicyclic amines) is 1. The van der Waals surface area contributed by atoms with Gasteiger partial charge in [-0.05, 0) is 39.9 Å². The number of thioether (sulfide) groups is 1. The zero-order valence-corrected chi connectivity index (χ0v) is 14.6. The summed E-state index contributed by atoms with van der Waals surface area (Å²) in [6.07, 6.45) is 4.32. The zero-order valence-electron chi connectivity index (χ0n) is 13.8. The SMILES string of the molecule is CCC(CC)(CNC1CN(C(=O)OC(C)(C)C)C1)SC. The quantitative estimate of drug-likeness (QED) is 0.818. The van der Waals surface area contributed by atoms with Crippen molar-refractivity contribution < 1.29 is 9.53 Å². The highest BCUT2D eigenvalue weighted by Crippen LogP contribution is 2.30. The summed E-state index contributed by atoms with van der Waals surface area (Å²) in [6.45, 7) is 12.7. The first-order chi connectivity index (χ1) is 9.25. The number of nitrogens with zero attached hydrogens (tertiary/aromatic N) is 1. The van der Waals surface area contributed by atoms with Gasteiger partial charge in [0.25, 0.3) is 0 Å². The van der Waals surface area contributed by atoms with Gasteiger partial charge in [-0.15, -0.1) is 0 Å². The largest absolute Gasteiger partial charge is 0.444 e. The highest BCUT2D eigenvalue weighted by molar-refractivity contribution is 8.00. The van der Waals surface area contributed by atoms with Gasteiger partial charge >= 0.3 is 6.09 Å². The molecule has 5 heteroatoms. The number of ether oxygens (including phenoxy) is 1. The Balaban J connectivity index is 2.30. The van der Waals surface area contributed by atoms with Gasteiger partial charge in [0.2, 0.25) is 0 Å². The van der Waals surface area contributed by atoms with Crippen LogP contribution in [0.1, 0.15) is 47.5 Å². The van der Waals surface area contributed by atoms with Gasteiger partial charge in [0.05, 0.1) is 0 Å². The van der Waals surface area contributed by atoms with Crippen LogP contribution in [0.3, 0.4) is 0 Å². The Hall–Kier alpha value is -0.420. The van der Waals surface area contributed by atoms with E-state index >= 15 is 0 Å². The van der Waals surface area contributed by atoms with E-state index in [4.69, 9.17) is 4.74 Å². The van der Waals surface area contributed by atoms with Crippen molar-refractivity contribution in [1.82, 2.24) is 10.2 Å². The molecule has 0 aliphatic carbocycles. The fraction of sp³-hybridized carbons (Fsp3) is 0.933. The molecule has 0 atom stereocenters. The molecule has 0 aromatic heterocycles. The third kappa shape index (κ3) is 4.85. The van der Waals surface area contributed by atoms with Crippen LogP contribution in [0.15, 0.2) is 0 Å². The van der Waals surface area contributed by atoms with Crippen LogP contribution in [0.4, 0.5) is 4.79 Å². The molecule has 0 unspecified atom stereocenters. The molecule has 0 radical (unpaired) electrons. The Bertz CT molecular complexity index is 310. The van der Waals surface area contributed by atoms with Gasteiger partial charge in [-0.25, -0.2) is 4.79 Å². The third-order valence-corrected chi connectivity index (χ3v) is 5.56. The van der Waals surface area contributed by atoms with E-state index in [1.807, 2.05) is 32.5 Å². The van der Waals surface area contributed by atoms with E-state index in [0.29, 0.717) is 10.8 Å². The molecule has 0 aromatic rings. The van der Waals surface area contributed by atoms with E-state index < -0.39 is 5.60 Å². The molecule has 4 nitrogen and oxygen atoms in total. The smallest absolute Gasteiger partial charge is 0.410 e. The molecule has 0 bridgehead atoms. The topological polar surface area (TPSA) is 41.6 Å². The van der Waals surface area contributed by atoms with E-state index in [2.05, 4.69) is 25.4 Å². The standard InChI is InChI=1S/C15H30N2O2S/c1-7-15(8-2,20-6)11-16-12-9-17(10-12)13(18)19-14(3,4)5/h12,16H,7-11H2,1-6H3. The number of nitrogens with one attached hydrogen (secondary N) is 1. The number of carbonyl (C=O) groups is 1. The molecule has 0 saturated carbocycles. The lowest BCUT2D eigenvalue weighted by Crippen LogP contribution is -2.62. The van der Waals surface area contributed by atoms with Crippen LogP contribution in [-0.2, 0) is 4.74 Å². The average Bonchev–Trinajstić information content (AvgIpc) is 2.30. The van der Waals surface area contributed by atoms with Crippen LogP contribution < -0.4 is 5.32 Å². The minimum atomic E-state index is -0.409. The lowest BCUT2D eigenvalue weighted by molar-refractivity contribution is 0.00514. The van der Waals surface area contributed by atoms with Crippen LogP contribution in [0, 0.1) is 0 Å². The van der Waals surface area contributed by atoms with E-state index in [-0.39, 0.29) is 6.09 Å². The molecule has 1 N–H and O–H groups in total. The van der Waals surface area contributed by atoms with Crippen molar-refractivity contribution in [2.75, 3.05) is 25.9 Å². The first-order valence-corrected chi connectivity index (χ1v) is 8.74. The van der Waals surface area contributed by atoms with Gasteiger partial charge in [0, 0.05) is 30.4 Å². The van der Waals surface area contributed by atoms with Crippen molar-refractivity contribution in [1.29, 1.82) is 0 Å². The number of carbonyl (C=O) groups excluding carboxylic acids is 1. The van der Waals surface area contributed by atoms with E-state index in [9.17, 15) is 4.79 Å². The van der Waals surface area contributed by atoms with Gasteiger partial charge < -0.3 is 15.0 Å². The fourth-order valence-electron chi connectivity index (χ4n) is 2.27. The predicted molar refractivity (Wildman–Crippen MR) is 86.4 cm³/mol. The number of hydrogen-bond acceptors (Lipinski definition) is 4. The Kier molecular flexibility index (Phi) is 6.20. The maximum absolute atomic E-state index is 11.8. The molecule has 118 valence electrons. The summed E-state index contributed by atoms with van der Waals surface area (Å²) in [5, 5.41) is 3.59. The van der Waals surface area contributed by atoms with Crippen LogP contribution in [0.25, 0.3) is 0 Å². The van der Waals surface area contributed by atoms with Crippen LogP contribution in [-0.4, -0.2) is 53.3 Å². The van der Waals surface area contributed by atoms with E-state index in [0.717, 1.165) is 19.6 Å². The first kappa shape index (κ1) is 17.6. The Morgan fingerprint density at radius 3 is 2.25 bits per heavy atom. The lowest BCUT2D eigenvalue weighted by Gasteiger charge is -2.42. The second kappa shape index (κ2) is 7.03. The molecular formula is C15H30N2O2S. The summed E-state index contributed by atoms with van der Waals surface area (Å²) >= 11 is 1.94. The molecular weight excluding hydrogens is 272 g/mol. The molecule has 1 heterocycles. The van der Waals surface area contributed by atoms with Crippen molar-refractivity contribution in [3.8, 4) is 0 Å². The molecule has 20 heavy (non-hydrogen) atoms. The summed E-state index contributed by atoms with van der Waals surface area (Å²) < 4.78 is 5.68.